The molecule has 2 heterocycles. The summed E-state index contributed by atoms with van der Waals surface area (Å²) in [6, 6.07) is 7.95. The van der Waals surface area contributed by atoms with E-state index in [2.05, 4.69) is 36.4 Å². The number of oxazole rings is 1. The molecule has 5 heteroatoms. The molecule has 1 atom stereocenters. The molecule has 0 aliphatic carbocycles. The topological polar surface area (TPSA) is 41.6 Å². The molecule has 0 fully saturated rings. The van der Waals surface area contributed by atoms with Crippen LogP contribution in [0.4, 0.5) is 5.69 Å². The Bertz CT molecular complexity index is 853. The van der Waals surface area contributed by atoms with E-state index in [0.717, 1.165) is 48.0 Å². The molecule has 0 bridgehead atoms. The van der Waals surface area contributed by atoms with Gasteiger partial charge in [0.15, 0.2) is 0 Å². The van der Waals surface area contributed by atoms with Crippen LogP contribution in [0.3, 0.4) is 0 Å². The standard InChI is InChI=1S/C22H26ClN3O/c1-4-8-19(24-14-16(3)5-2)22-25-20-15-26(12-7-11-21(20)27-22)18-10-6-9-17(23)13-18/h4,6,8-10,13-14,16H,1,5,7,11-12,15H2,2-3H3/b19-8-,24-14?. The van der Waals surface area contributed by atoms with Gasteiger partial charge < -0.3 is 9.32 Å². The smallest absolute Gasteiger partial charge is 0.245 e. The van der Waals surface area contributed by atoms with E-state index < -0.39 is 0 Å². The highest BCUT2D eigenvalue weighted by Crippen LogP contribution is 2.28. The Morgan fingerprint density at radius 1 is 1.48 bits per heavy atom. The van der Waals surface area contributed by atoms with Crippen molar-refractivity contribution in [2.24, 2.45) is 10.9 Å². The van der Waals surface area contributed by atoms with Crippen molar-refractivity contribution in [3.63, 3.8) is 0 Å². The number of anilines is 1. The molecule has 0 amide bonds. The SMILES string of the molecule is C=C/C=C(\N=CC(C)CC)c1nc2c(o1)CCCN(c1cccc(Cl)c1)C2. The van der Waals surface area contributed by atoms with Crippen molar-refractivity contribution in [1.29, 1.82) is 0 Å². The maximum absolute atomic E-state index is 6.16. The summed E-state index contributed by atoms with van der Waals surface area (Å²) < 4.78 is 6.08. The van der Waals surface area contributed by atoms with Crippen LogP contribution in [-0.2, 0) is 13.0 Å². The third-order valence-corrected chi connectivity index (χ3v) is 4.97. The molecule has 142 valence electrons. The first-order valence-electron chi connectivity index (χ1n) is 9.47. The van der Waals surface area contributed by atoms with Gasteiger partial charge in [-0.15, -0.1) is 0 Å². The Morgan fingerprint density at radius 3 is 3.07 bits per heavy atom. The third kappa shape index (κ3) is 4.89. The zero-order chi connectivity index (χ0) is 19.2. The lowest BCUT2D eigenvalue weighted by Crippen LogP contribution is -2.22. The van der Waals surface area contributed by atoms with E-state index in [9.17, 15) is 0 Å². The average molecular weight is 384 g/mol. The molecule has 0 saturated heterocycles. The number of aryl methyl sites for hydroxylation is 1. The summed E-state index contributed by atoms with van der Waals surface area (Å²) in [6.07, 6.45) is 8.43. The maximum atomic E-state index is 6.16. The Hall–Kier alpha value is -2.33. The zero-order valence-electron chi connectivity index (χ0n) is 16.0. The van der Waals surface area contributed by atoms with Crippen LogP contribution < -0.4 is 4.90 Å². The molecule has 1 aliphatic rings. The predicted octanol–water partition coefficient (Wildman–Crippen LogP) is 5.92. The summed E-state index contributed by atoms with van der Waals surface area (Å²) in [4.78, 5) is 11.6. The molecule has 2 aromatic rings. The first-order valence-corrected chi connectivity index (χ1v) is 9.85. The number of hydrogen-bond donors (Lipinski definition) is 0. The highest BCUT2D eigenvalue weighted by atomic mass is 35.5. The molecule has 0 spiro atoms. The fourth-order valence-electron chi connectivity index (χ4n) is 2.99. The first kappa shape index (κ1) is 19.4. The van der Waals surface area contributed by atoms with Gasteiger partial charge in [-0.1, -0.05) is 44.2 Å². The van der Waals surface area contributed by atoms with E-state index in [-0.39, 0.29) is 0 Å². The van der Waals surface area contributed by atoms with Gasteiger partial charge in [-0.25, -0.2) is 4.98 Å². The normalized spacial score (nSPS) is 16.3. The number of rotatable bonds is 6. The van der Waals surface area contributed by atoms with Crippen LogP contribution in [0.1, 0.15) is 44.0 Å². The highest BCUT2D eigenvalue weighted by molar-refractivity contribution is 6.30. The van der Waals surface area contributed by atoms with Crippen LogP contribution in [0.5, 0.6) is 0 Å². The minimum Gasteiger partial charge on any atom is -0.440 e. The van der Waals surface area contributed by atoms with Gasteiger partial charge in [0.2, 0.25) is 5.89 Å². The van der Waals surface area contributed by atoms with Crippen molar-refractivity contribution in [1.82, 2.24) is 4.98 Å². The van der Waals surface area contributed by atoms with Crippen LogP contribution in [0.25, 0.3) is 5.70 Å². The number of allylic oxidation sites excluding steroid dienone is 2. The summed E-state index contributed by atoms with van der Waals surface area (Å²) in [5.74, 6) is 1.92. The lowest BCUT2D eigenvalue weighted by molar-refractivity contribution is 0.486. The van der Waals surface area contributed by atoms with E-state index in [4.69, 9.17) is 21.0 Å². The van der Waals surface area contributed by atoms with E-state index in [1.54, 1.807) is 6.08 Å². The summed E-state index contributed by atoms with van der Waals surface area (Å²) in [7, 11) is 0. The minimum absolute atomic E-state index is 0.407. The molecular weight excluding hydrogens is 358 g/mol. The lowest BCUT2D eigenvalue weighted by atomic mass is 10.1. The van der Waals surface area contributed by atoms with Crippen LogP contribution in [0, 0.1) is 5.92 Å². The number of nitrogens with zero attached hydrogens (tertiary/aromatic N) is 3. The lowest BCUT2D eigenvalue weighted by Gasteiger charge is -2.22. The number of fused-ring (bicyclic) bond motifs is 1. The second-order valence-corrected chi connectivity index (χ2v) is 7.28. The molecule has 0 radical (unpaired) electrons. The fourth-order valence-corrected chi connectivity index (χ4v) is 3.17. The van der Waals surface area contributed by atoms with Crippen molar-refractivity contribution >= 4 is 29.2 Å². The van der Waals surface area contributed by atoms with Gasteiger partial charge in [-0.3, -0.25) is 4.99 Å². The number of halogens is 1. The van der Waals surface area contributed by atoms with Crippen LogP contribution in [0.2, 0.25) is 5.02 Å². The van der Waals surface area contributed by atoms with Crippen LogP contribution in [-0.4, -0.2) is 17.7 Å². The molecule has 0 N–H and O–H groups in total. The summed E-state index contributed by atoms with van der Waals surface area (Å²) in [5, 5.41) is 0.744. The summed E-state index contributed by atoms with van der Waals surface area (Å²) in [6.45, 7) is 9.73. The van der Waals surface area contributed by atoms with E-state index in [1.807, 2.05) is 30.5 Å². The predicted molar refractivity (Wildman–Crippen MR) is 113 cm³/mol. The first-order chi connectivity index (χ1) is 13.1. The molecule has 1 aliphatic heterocycles. The van der Waals surface area contributed by atoms with Crippen molar-refractivity contribution in [3.05, 3.63) is 65.4 Å². The van der Waals surface area contributed by atoms with Gasteiger partial charge in [0, 0.05) is 29.9 Å². The quantitative estimate of drug-likeness (QED) is 0.459. The van der Waals surface area contributed by atoms with Crippen molar-refractivity contribution in [3.8, 4) is 0 Å². The summed E-state index contributed by atoms with van der Waals surface area (Å²) in [5.41, 5.74) is 2.79. The molecule has 4 nitrogen and oxygen atoms in total. The van der Waals surface area contributed by atoms with Gasteiger partial charge in [0.05, 0.1) is 6.54 Å². The molecule has 1 unspecified atom stereocenters. The summed E-state index contributed by atoms with van der Waals surface area (Å²) >= 11 is 6.16. The number of benzene rings is 1. The Morgan fingerprint density at radius 2 is 2.33 bits per heavy atom. The maximum Gasteiger partial charge on any atom is 0.245 e. The van der Waals surface area contributed by atoms with E-state index in [0.29, 0.717) is 24.1 Å². The Balaban J connectivity index is 1.86. The van der Waals surface area contributed by atoms with E-state index in [1.165, 1.54) is 0 Å². The average Bonchev–Trinajstić information content (AvgIpc) is 2.96. The second-order valence-electron chi connectivity index (χ2n) is 6.85. The number of hydrogen-bond acceptors (Lipinski definition) is 4. The van der Waals surface area contributed by atoms with Gasteiger partial charge in [0.1, 0.15) is 17.2 Å². The zero-order valence-corrected chi connectivity index (χ0v) is 16.7. The molecule has 1 aromatic carbocycles. The van der Waals surface area contributed by atoms with Gasteiger partial charge in [0.25, 0.3) is 0 Å². The minimum atomic E-state index is 0.407. The Labute approximate surface area is 166 Å². The number of aromatic nitrogens is 1. The highest BCUT2D eigenvalue weighted by Gasteiger charge is 2.22. The monoisotopic (exact) mass is 383 g/mol. The number of aliphatic imine (C=N–C) groups is 1. The van der Waals surface area contributed by atoms with Crippen LogP contribution in [0.15, 0.2) is 52.4 Å². The molecule has 1 aromatic heterocycles. The molecule has 3 rings (SSSR count). The van der Waals surface area contributed by atoms with Gasteiger partial charge >= 0.3 is 0 Å². The fraction of sp³-hybridized carbons (Fsp3) is 0.364. The van der Waals surface area contributed by atoms with Crippen molar-refractivity contribution in [2.45, 2.75) is 39.7 Å². The van der Waals surface area contributed by atoms with Crippen LogP contribution >= 0.6 is 11.6 Å². The molecule has 0 saturated carbocycles. The second kappa shape index (κ2) is 9.05. The molecular formula is C22H26ClN3O. The largest absolute Gasteiger partial charge is 0.440 e. The van der Waals surface area contributed by atoms with Crippen molar-refractivity contribution in [2.75, 3.05) is 11.4 Å². The van der Waals surface area contributed by atoms with E-state index >= 15 is 0 Å². The van der Waals surface area contributed by atoms with Gasteiger partial charge in [-0.05, 0) is 43.0 Å². The molecule has 27 heavy (non-hydrogen) atoms. The Kier molecular flexibility index (Phi) is 6.51. The van der Waals surface area contributed by atoms with Crippen molar-refractivity contribution < 1.29 is 4.42 Å². The third-order valence-electron chi connectivity index (χ3n) is 4.73. The van der Waals surface area contributed by atoms with Gasteiger partial charge in [-0.2, -0.15) is 0 Å².